The zero-order valence-electron chi connectivity index (χ0n) is 12.7. The number of halogens is 3. The highest BCUT2D eigenvalue weighted by Crippen LogP contribution is 2.31. The molecule has 4 nitrogen and oxygen atoms in total. The summed E-state index contributed by atoms with van der Waals surface area (Å²) in [5, 5.41) is 10.5. The molecule has 0 saturated heterocycles. The summed E-state index contributed by atoms with van der Waals surface area (Å²) >= 11 is 11.8. The van der Waals surface area contributed by atoms with Gasteiger partial charge in [-0.3, -0.25) is 9.59 Å². The second-order valence-corrected chi connectivity index (χ2v) is 6.42. The maximum Gasteiger partial charge on any atom is 0.311 e. The van der Waals surface area contributed by atoms with Gasteiger partial charge in [-0.2, -0.15) is 0 Å². The topological polar surface area (TPSA) is 70.2 Å². The average molecular weight is 380 g/mol. The first kappa shape index (κ1) is 17.5. The van der Waals surface area contributed by atoms with Crippen LogP contribution < -0.4 is 0 Å². The molecule has 1 atom stereocenters. The number of hydrogen-bond acceptors (Lipinski definition) is 2. The van der Waals surface area contributed by atoms with Crippen LogP contribution in [0.3, 0.4) is 0 Å². The molecule has 0 saturated carbocycles. The van der Waals surface area contributed by atoms with Crippen molar-refractivity contribution < 1.29 is 19.1 Å². The fraction of sp³-hybridized carbons (Fsp3) is 0.111. The van der Waals surface area contributed by atoms with Gasteiger partial charge in [-0.05, 0) is 42.0 Å². The summed E-state index contributed by atoms with van der Waals surface area (Å²) in [7, 11) is 0. The Balaban J connectivity index is 1.97. The number of carbonyl (C=O) groups is 2. The minimum absolute atomic E-state index is 0.159. The van der Waals surface area contributed by atoms with Crippen molar-refractivity contribution >= 4 is 45.9 Å². The monoisotopic (exact) mass is 379 g/mol. The number of carboxylic acids is 1. The van der Waals surface area contributed by atoms with Crippen LogP contribution >= 0.6 is 23.2 Å². The van der Waals surface area contributed by atoms with Gasteiger partial charge in [-0.1, -0.05) is 23.2 Å². The Morgan fingerprint density at radius 3 is 2.60 bits per heavy atom. The van der Waals surface area contributed by atoms with Crippen LogP contribution in [0.5, 0.6) is 0 Å². The SMILES string of the molecule is O=C(CC(C(=O)O)c1c[nH]c2ccc(F)cc12)c1ccc(Cl)cc1Cl. The molecule has 128 valence electrons. The fourth-order valence-electron chi connectivity index (χ4n) is 2.74. The van der Waals surface area contributed by atoms with Crippen molar-refractivity contribution in [3.63, 3.8) is 0 Å². The van der Waals surface area contributed by atoms with Gasteiger partial charge in [0.15, 0.2) is 5.78 Å². The van der Waals surface area contributed by atoms with Gasteiger partial charge >= 0.3 is 5.97 Å². The number of nitrogens with one attached hydrogen (secondary N) is 1. The fourth-order valence-corrected chi connectivity index (χ4v) is 3.26. The van der Waals surface area contributed by atoms with Crippen LogP contribution in [-0.4, -0.2) is 21.8 Å². The number of benzene rings is 2. The van der Waals surface area contributed by atoms with Crippen LogP contribution in [0.25, 0.3) is 10.9 Å². The highest BCUT2D eigenvalue weighted by molar-refractivity contribution is 6.36. The highest BCUT2D eigenvalue weighted by atomic mass is 35.5. The predicted octanol–water partition coefficient (Wildman–Crippen LogP) is 5.06. The van der Waals surface area contributed by atoms with E-state index in [2.05, 4.69) is 4.98 Å². The normalized spacial score (nSPS) is 12.3. The second kappa shape index (κ2) is 6.86. The van der Waals surface area contributed by atoms with E-state index in [9.17, 15) is 19.1 Å². The summed E-state index contributed by atoms with van der Waals surface area (Å²) in [6, 6.07) is 8.43. The third-order valence-electron chi connectivity index (χ3n) is 3.97. The Hall–Kier alpha value is -2.37. The zero-order valence-corrected chi connectivity index (χ0v) is 14.2. The van der Waals surface area contributed by atoms with E-state index in [-0.39, 0.29) is 17.0 Å². The van der Waals surface area contributed by atoms with E-state index in [1.807, 2.05) is 0 Å². The lowest BCUT2D eigenvalue weighted by atomic mass is 9.91. The number of aliphatic carboxylic acids is 1. The maximum atomic E-state index is 13.5. The molecule has 7 heteroatoms. The van der Waals surface area contributed by atoms with E-state index in [1.54, 1.807) is 0 Å². The molecule has 0 fully saturated rings. The number of fused-ring (bicyclic) bond motifs is 1. The number of ketones is 1. The third kappa shape index (κ3) is 3.52. The van der Waals surface area contributed by atoms with Gasteiger partial charge in [0, 0.05) is 34.1 Å². The molecule has 0 spiro atoms. The number of aromatic nitrogens is 1. The lowest BCUT2D eigenvalue weighted by Crippen LogP contribution is -2.16. The van der Waals surface area contributed by atoms with E-state index in [0.29, 0.717) is 21.5 Å². The Kier molecular flexibility index (Phi) is 4.79. The summed E-state index contributed by atoms with van der Waals surface area (Å²) in [5.41, 5.74) is 1.14. The van der Waals surface area contributed by atoms with Gasteiger partial charge < -0.3 is 10.1 Å². The van der Waals surface area contributed by atoms with E-state index >= 15 is 0 Å². The average Bonchev–Trinajstić information content (AvgIpc) is 2.94. The molecule has 1 heterocycles. The van der Waals surface area contributed by atoms with E-state index in [4.69, 9.17) is 23.2 Å². The van der Waals surface area contributed by atoms with Crippen molar-refractivity contribution in [2.45, 2.75) is 12.3 Å². The third-order valence-corrected chi connectivity index (χ3v) is 4.52. The molecule has 1 unspecified atom stereocenters. The molecule has 2 aromatic carbocycles. The summed E-state index contributed by atoms with van der Waals surface area (Å²) in [6.45, 7) is 0. The first-order chi connectivity index (χ1) is 11.9. The number of carboxylic acid groups (broad SMARTS) is 1. The van der Waals surface area contributed by atoms with E-state index in [0.717, 1.165) is 0 Å². The van der Waals surface area contributed by atoms with Gasteiger partial charge in [-0.25, -0.2) is 4.39 Å². The van der Waals surface area contributed by atoms with Crippen LogP contribution in [-0.2, 0) is 4.79 Å². The van der Waals surface area contributed by atoms with Gasteiger partial charge in [0.05, 0.1) is 10.9 Å². The molecule has 0 radical (unpaired) electrons. The molecule has 0 amide bonds. The minimum Gasteiger partial charge on any atom is -0.481 e. The quantitative estimate of drug-likeness (QED) is 0.609. The van der Waals surface area contributed by atoms with Crippen molar-refractivity contribution in [2.75, 3.05) is 0 Å². The van der Waals surface area contributed by atoms with Crippen LogP contribution in [0.1, 0.15) is 28.3 Å². The number of H-pyrrole nitrogens is 1. The lowest BCUT2D eigenvalue weighted by molar-refractivity contribution is -0.138. The smallest absolute Gasteiger partial charge is 0.311 e. The molecule has 1 aromatic heterocycles. The van der Waals surface area contributed by atoms with Crippen molar-refractivity contribution in [2.24, 2.45) is 0 Å². The molecule has 0 aliphatic heterocycles. The van der Waals surface area contributed by atoms with Crippen LogP contribution in [0, 0.1) is 5.82 Å². The number of carbonyl (C=O) groups excluding carboxylic acids is 1. The Bertz CT molecular complexity index is 984. The predicted molar refractivity (Wildman–Crippen MR) is 94.0 cm³/mol. The van der Waals surface area contributed by atoms with Crippen molar-refractivity contribution in [1.29, 1.82) is 0 Å². The summed E-state index contributed by atoms with van der Waals surface area (Å²) < 4.78 is 13.5. The second-order valence-electron chi connectivity index (χ2n) is 5.58. The summed E-state index contributed by atoms with van der Waals surface area (Å²) in [5.74, 6) is -3.22. The summed E-state index contributed by atoms with van der Waals surface area (Å²) in [4.78, 5) is 27.1. The van der Waals surface area contributed by atoms with Gasteiger partial charge in [0.2, 0.25) is 0 Å². The molecule has 0 aliphatic carbocycles. The van der Waals surface area contributed by atoms with Crippen molar-refractivity contribution in [3.05, 3.63) is 69.6 Å². The standard InChI is InChI=1S/C18H12Cl2FNO3/c19-9-1-3-11(15(20)5-9)17(23)7-13(18(24)25)14-8-22-16-4-2-10(21)6-12(14)16/h1-6,8,13,22H,7H2,(H,24,25). The Labute approximate surface area is 152 Å². The Morgan fingerprint density at radius 1 is 1.16 bits per heavy atom. The number of hydrogen-bond donors (Lipinski definition) is 2. The number of rotatable bonds is 5. The van der Waals surface area contributed by atoms with E-state index < -0.39 is 23.5 Å². The molecule has 3 aromatic rings. The van der Waals surface area contributed by atoms with E-state index in [1.165, 1.54) is 42.6 Å². The Morgan fingerprint density at radius 2 is 1.92 bits per heavy atom. The van der Waals surface area contributed by atoms with Crippen LogP contribution in [0.4, 0.5) is 4.39 Å². The molecular formula is C18H12Cl2FNO3. The number of Topliss-reactive ketones (excluding diaryl/α,β-unsaturated/α-hetero) is 1. The molecule has 0 aliphatic rings. The molecule has 2 N–H and O–H groups in total. The minimum atomic E-state index is -1.18. The molecule has 3 rings (SSSR count). The number of aromatic amines is 1. The zero-order chi connectivity index (χ0) is 18.1. The maximum absolute atomic E-state index is 13.5. The van der Waals surface area contributed by atoms with Crippen molar-refractivity contribution in [1.82, 2.24) is 4.98 Å². The first-order valence-corrected chi connectivity index (χ1v) is 8.10. The van der Waals surface area contributed by atoms with Crippen molar-refractivity contribution in [3.8, 4) is 0 Å². The van der Waals surface area contributed by atoms with Crippen LogP contribution in [0.2, 0.25) is 10.0 Å². The molecular weight excluding hydrogens is 368 g/mol. The lowest BCUT2D eigenvalue weighted by Gasteiger charge is -2.12. The van der Waals surface area contributed by atoms with Gasteiger partial charge in [0.25, 0.3) is 0 Å². The van der Waals surface area contributed by atoms with Gasteiger partial charge in [-0.15, -0.1) is 0 Å². The first-order valence-electron chi connectivity index (χ1n) is 7.34. The highest BCUT2D eigenvalue weighted by Gasteiger charge is 2.27. The molecule has 25 heavy (non-hydrogen) atoms. The largest absolute Gasteiger partial charge is 0.481 e. The van der Waals surface area contributed by atoms with Crippen LogP contribution in [0.15, 0.2) is 42.6 Å². The summed E-state index contributed by atoms with van der Waals surface area (Å²) in [6.07, 6.45) is 1.18. The molecule has 0 bridgehead atoms. The van der Waals surface area contributed by atoms with Gasteiger partial charge in [0.1, 0.15) is 5.82 Å².